The first-order chi connectivity index (χ1) is 13.6. The van der Waals surface area contributed by atoms with Crippen molar-refractivity contribution in [2.45, 2.75) is 56.7 Å². The van der Waals surface area contributed by atoms with Crippen LogP contribution >= 0.6 is 23.1 Å². The second-order valence-corrected chi connectivity index (χ2v) is 9.46. The van der Waals surface area contributed by atoms with Gasteiger partial charge in [-0.1, -0.05) is 11.8 Å². The Labute approximate surface area is 173 Å². The molecule has 0 unspecified atom stereocenters. The van der Waals surface area contributed by atoms with Gasteiger partial charge in [0.1, 0.15) is 21.4 Å². The number of ketones is 1. The van der Waals surface area contributed by atoms with Crippen LogP contribution < -0.4 is 4.74 Å². The summed E-state index contributed by atoms with van der Waals surface area (Å²) in [6.07, 6.45) is 4.70. The van der Waals surface area contributed by atoms with Crippen molar-refractivity contribution in [1.82, 2.24) is 9.97 Å². The highest BCUT2D eigenvalue weighted by atomic mass is 32.2. The molecule has 1 aliphatic carbocycles. The minimum atomic E-state index is -0.213. The summed E-state index contributed by atoms with van der Waals surface area (Å²) >= 11 is 3.36. The van der Waals surface area contributed by atoms with Crippen molar-refractivity contribution in [3.05, 3.63) is 46.1 Å². The smallest absolute Gasteiger partial charge is 0.175 e. The maximum atomic E-state index is 13.0. The molecule has 146 valence electrons. The van der Waals surface area contributed by atoms with Gasteiger partial charge in [0.2, 0.25) is 0 Å². The Balaban J connectivity index is 1.62. The quantitative estimate of drug-likeness (QED) is 0.298. The zero-order valence-corrected chi connectivity index (χ0v) is 18.1. The van der Waals surface area contributed by atoms with Gasteiger partial charge in [-0.25, -0.2) is 9.97 Å². The zero-order valence-electron chi connectivity index (χ0n) is 16.4. The maximum absolute atomic E-state index is 13.0. The number of ether oxygens (including phenoxy) is 1. The Morgan fingerprint density at radius 1 is 1.21 bits per heavy atom. The summed E-state index contributed by atoms with van der Waals surface area (Å²) in [7, 11) is 0. The summed E-state index contributed by atoms with van der Waals surface area (Å²) in [4.78, 5) is 24.9. The number of thioether (sulfide) groups is 1. The summed E-state index contributed by atoms with van der Waals surface area (Å²) in [6.45, 7) is 6.46. The molecule has 0 N–H and O–H groups in total. The first kappa shape index (κ1) is 19.4. The average molecular weight is 413 g/mol. The molecule has 1 aromatic carbocycles. The van der Waals surface area contributed by atoms with E-state index < -0.39 is 0 Å². The summed E-state index contributed by atoms with van der Waals surface area (Å²) in [5, 5.41) is 1.92. The van der Waals surface area contributed by atoms with Crippen LogP contribution in [0.2, 0.25) is 0 Å². The maximum Gasteiger partial charge on any atom is 0.175 e. The number of fused-ring (bicyclic) bond motifs is 3. The Hall–Kier alpha value is -1.92. The molecule has 1 atom stereocenters. The van der Waals surface area contributed by atoms with E-state index in [-0.39, 0.29) is 11.0 Å². The molecule has 0 radical (unpaired) electrons. The SMILES string of the molecule is CCOc1ccc(C(=O)[C@@H](C)Sc2nc(C)nc3sc4c(c23)CCCC4)cc1. The van der Waals surface area contributed by atoms with Gasteiger partial charge in [-0.2, -0.15) is 0 Å². The van der Waals surface area contributed by atoms with Crippen LogP contribution in [0.3, 0.4) is 0 Å². The third-order valence-corrected chi connectivity index (χ3v) is 7.27. The second-order valence-electron chi connectivity index (χ2n) is 7.05. The number of Topliss-reactive ketones (excluding diaryl/α,β-unsaturated/α-hetero) is 1. The number of thiophene rings is 1. The van der Waals surface area contributed by atoms with Gasteiger partial charge in [-0.15, -0.1) is 11.3 Å². The van der Waals surface area contributed by atoms with Crippen LogP contribution in [0, 0.1) is 6.92 Å². The molecule has 0 amide bonds. The van der Waals surface area contributed by atoms with Gasteiger partial charge in [0, 0.05) is 15.8 Å². The molecule has 1 aliphatic rings. The standard InChI is InChI=1S/C22H24N2O2S2/c1-4-26-16-11-9-15(10-12-16)20(25)13(2)27-21-19-17-7-5-6-8-18(17)28-22(19)24-14(3)23-21/h9-13H,4-8H2,1-3H3/t13-/m1/s1. The number of hydrogen-bond acceptors (Lipinski definition) is 6. The molecule has 0 aliphatic heterocycles. The van der Waals surface area contributed by atoms with Crippen LogP contribution in [0.15, 0.2) is 29.3 Å². The summed E-state index contributed by atoms with van der Waals surface area (Å²) < 4.78 is 5.47. The predicted octanol–water partition coefficient (Wildman–Crippen LogP) is 5.64. The number of rotatable bonds is 6. The first-order valence-electron chi connectivity index (χ1n) is 9.79. The van der Waals surface area contributed by atoms with Crippen LogP contribution in [-0.4, -0.2) is 27.6 Å². The minimum Gasteiger partial charge on any atom is -0.494 e. The third kappa shape index (κ3) is 3.80. The van der Waals surface area contributed by atoms with E-state index in [4.69, 9.17) is 9.72 Å². The van der Waals surface area contributed by atoms with E-state index in [1.165, 1.54) is 28.7 Å². The van der Waals surface area contributed by atoms with Crippen molar-refractivity contribution >= 4 is 39.1 Å². The Bertz CT molecular complexity index is 1010. The van der Waals surface area contributed by atoms with Gasteiger partial charge in [0.15, 0.2) is 5.78 Å². The largest absolute Gasteiger partial charge is 0.494 e. The van der Waals surface area contributed by atoms with Gasteiger partial charge >= 0.3 is 0 Å². The van der Waals surface area contributed by atoms with Crippen molar-refractivity contribution in [2.24, 2.45) is 0 Å². The number of carbonyl (C=O) groups is 1. The number of nitrogens with zero attached hydrogens (tertiary/aromatic N) is 2. The Morgan fingerprint density at radius 2 is 1.96 bits per heavy atom. The molecule has 28 heavy (non-hydrogen) atoms. The van der Waals surface area contributed by atoms with Crippen molar-refractivity contribution in [3.63, 3.8) is 0 Å². The molecular weight excluding hydrogens is 388 g/mol. The average Bonchev–Trinajstić information content (AvgIpc) is 3.06. The monoisotopic (exact) mass is 412 g/mol. The first-order valence-corrected chi connectivity index (χ1v) is 11.5. The van der Waals surface area contributed by atoms with Gasteiger partial charge in [-0.3, -0.25) is 4.79 Å². The number of aromatic nitrogens is 2. The normalized spacial score (nSPS) is 14.7. The molecule has 4 rings (SSSR count). The highest BCUT2D eigenvalue weighted by Crippen LogP contribution is 2.40. The van der Waals surface area contributed by atoms with Gasteiger partial charge in [0.05, 0.1) is 11.9 Å². The molecule has 0 saturated heterocycles. The number of hydrogen-bond donors (Lipinski definition) is 0. The summed E-state index contributed by atoms with van der Waals surface area (Å²) in [5.41, 5.74) is 2.12. The highest BCUT2D eigenvalue weighted by molar-refractivity contribution is 8.00. The Kier molecular flexibility index (Phi) is 5.69. The van der Waals surface area contributed by atoms with Crippen LogP contribution in [0.5, 0.6) is 5.75 Å². The molecule has 2 heterocycles. The predicted molar refractivity (Wildman–Crippen MR) is 116 cm³/mol. The van der Waals surface area contributed by atoms with E-state index in [9.17, 15) is 4.79 Å². The lowest BCUT2D eigenvalue weighted by atomic mass is 9.97. The van der Waals surface area contributed by atoms with E-state index in [0.717, 1.165) is 34.3 Å². The number of benzene rings is 1. The van der Waals surface area contributed by atoms with Crippen molar-refractivity contribution < 1.29 is 9.53 Å². The lowest BCUT2D eigenvalue weighted by molar-refractivity contribution is 0.0994. The molecule has 0 saturated carbocycles. The van der Waals surface area contributed by atoms with Gasteiger partial charge < -0.3 is 4.74 Å². The highest BCUT2D eigenvalue weighted by Gasteiger charge is 2.24. The summed E-state index contributed by atoms with van der Waals surface area (Å²) in [6, 6.07) is 7.40. The van der Waals surface area contributed by atoms with E-state index in [0.29, 0.717) is 12.2 Å². The fourth-order valence-corrected chi connectivity index (χ4v) is 6.12. The summed E-state index contributed by atoms with van der Waals surface area (Å²) in [5.74, 6) is 1.67. The van der Waals surface area contributed by atoms with Gasteiger partial charge in [0.25, 0.3) is 0 Å². The molecular formula is C22H24N2O2S2. The lowest BCUT2D eigenvalue weighted by Gasteiger charge is -2.14. The molecule has 6 heteroatoms. The van der Waals surface area contributed by atoms with Crippen LogP contribution in [0.25, 0.3) is 10.2 Å². The van der Waals surface area contributed by atoms with E-state index >= 15 is 0 Å². The van der Waals surface area contributed by atoms with Gasteiger partial charge in [-0.05, 0) is 76.3 Å². The van der Waals surface area contributed by atoms with Crippen LogP contribution in [0.1, 0.15) is 53.3 Å². The number of carbonyl (C=O) groups excluding carboxylic acids is 1. The molecule has 0 bridgehead atoms. The zero-order chi connectivity index (χ0) is 19.7. The fraction of sp³-hybridized carbons (Fsp3) is 0.409. The van der Waals surface area contributed by atoms with Crippen LogP contribution in [0.4, 0.5) is 0 Å². The second kappa shape index (κ2) is 8.21. The van der Waals surface area contributed by atoms with E-state index in [1.807, 2.05) is 45.0 Å². The van der Waals surface area contributed by atoms with Crippen molar-refractivity contribution in [3.8, 4) is 5.75 Å². The minimum absolute atomic E-state index is 0.113. The Morgan fingerprint density at radius 3 is 2.71 bits per heavy atom. The van der Waals surface area contributed by atoms with Crippen LogP contribution in [-0.2, 0) is 12.8 Å². The lowest BCUT2D eigenvalue weighted by Crippen LogP contribution is -2.14. The molecule has 0 spiro atoms. The van der Waals surface area contributed by atoms with Crippen molar-refractivity contribution in [2.75, 3.05) is 6.61 Å². The molecule has 0 fully saturated rings. The topological polar surface area (TPSA) is 52.1 Å². The van der Waals surface area contributed by atoms with E-state index in [2.05, 4.69) is 4.98 Å². The molecule has 3 aromatic rings. The molecule has 2 aromatic heterocycles. The molecule has 4 nitrogen and oxygen atoms in total. The van der Waals surface area contributed by atoms with Crippen molar-refractivity contribution in [1.29, 1.82) is 0 Å². The number of aryl methyl sites for hydroxylation is 3. The fourth-order valence-electron chi connectivity index (χ4n) is 3.65. The van der Waals surface area contributed by atoms with E-state index in [1.54, 1.807) is 23.1 Å². The third-order valence-electron chi connectivity index (χ3n) is 5.00.